The van der Waals surface area contributed by atoms with Gasteiger partial charge in [0, 0.05) is 17.6 Å². The highest BCUT2D eigenvalue weighted by Crippen LogP contribution is 2.46. The van der Waals surface area contributed by atoms with E-state index in [0.717, 1.165) is 5.52 Å². The van der Waals surface area contributed by atoms with Gasteiger partial charge in [-0.25, -0.2) is 0 Å². The van der Waals surface area contributed by atoms with Crippen LogP contribution in [0.15, 0.2) is 36.5 Å². The van der Waals surface area contributed by atoms with Crippen LogP contribution in [-0.4, -0.2) is 12.0 Å². The van der Waals surface area contributed by atoms with E-state index in [1.807, 2.05) is 12.3 Å². The van der Waals surface area contributed by atoms with Gasteiger partial charge in [-0.15, -0.1) is 0 Å². The molecule has 3 rings (SSSR count). The highest BCUT2D eigenvalue weighted by molar-refractivity contribution is 5.82. The summed E-state index contributed by atoms with van der Waals surface area (Å²) in [4.78, 5) is 4.50. The van der Waals surface area contributed by atoms with Crippen LogP contribution in [0.3, 0.4) is 0 Å². The number of benzene rings is 1. The van der Waals surface area contributed by atoms with Crippen LogP contribution in [0.1, 0.15) is 50.6 Å². The molecule has 1 N–H and O–H groups in total. The van der Waals surface area contributed by atoms with Gasteiger partial charge in [-0.2, -0.15) is 0 Å². The van der Waals surface area contributed by atoms with Crippen molar-refractivity contribution < 1.29 is 0 Å². The highest BCUT2D eigenvalue weighted by Gasteiger charge is 2.36. The number of rotatable bonds is 3. The maximum atomic E-state index is 4.50. The van der Waals surface area contributed by atoms with Crippen LogP contribution in [0.25, 0.3) is 10.9 Å². The Kier molecular flexibility index (Phi) is 3.75. The molecule has 1 atom stereocenters. The van der Waals surface area contributed by atoms with Crippen molar-refractivity contribution >= 4 is 10.9 Å². The van der Waals surface area contributed by atoms with Crippen molar-refractivity contribution in [2.24, 2.45) is 5.41 Å². The zero-order valence-electron chi connectivity index (χ0n) is 12.5. The number of nitrogens with one attached hydrogen (secondary N) is 1. The fourth-order valence-electron chi connectivity index (χ4n) is 3.91. The predicted octanol–water partition coefficient (Wildman–Crippen LogP) is 4.47. The molecule has 2 heteroatoms. The van der Waals surface area contributed by atoms with E-state index in [9.17, 15) is 0 Å². The molecule has 0 amide bonds. The molecule has 1 fully saturated rings. The minimum absolute atomic E-state index is 0.358. The van der Waals surface area contributed by atoms with Gasteiger partial charge in [0.15, 0.2) is 0 Å². The fraction of sp³-hybridized carbons (Fsp3) is 0.500. The number of pyridine rings is 1. The van der Waals surface area contributed by atoms with Crippen LogP contribution in [-0.2, 0) is 0 Å². The van der Waals surface area contributed by atoms with Gasteiger partial charge >= 0.3 is 0 Å². The quantitative estimate of drug-likeness (QED) is 0.888. The smallest absolute Gasteiger partial charge is 0.0705 e. The Morgan fingerprint density at radius 1 is 1.10 bits per heavy atom. The summed E-state index contributed by atoms with van der Waals surface area (Å²) in [6.45, 7) is 2.45. The molecule has 2 aromatic rings. The maximum Gasteiger partial charge on any atom is 0.0705 e. The Morgan fingerprint density at radius 3 is 2.65 bits per heavy atom. The van der Waals surface area contributed by atoms with E-state index >= 15 is 0 Å². The van der Waals surface area contributed by atoms with Gasteiger partial charge in [-0.05, 0) is 43.0 Å². The van der Waals surface area contributed by atoms with Crippen molar-refractivity contribution in [2.45, 2.75) is 45.1 Å². The van der Waals surface area contributed by atoms with E-state index in [2.05, 4.69) is 48.5 Å². The molecule has 2 nitrogen and oxygen atoms in total. The van der Waals surface area contributed by atoms with Crippen molar-refractivity contribution in [1.29, 1.82) is 0 Å². The Bertz CT molecular complexity index is 579. The summed E-state index contributed by atoms with van der Waals surface area (Å²) in [6, 6.07) is 11.2. The summed E-state index contributed by atoms with van der Waals surface area (Å²) < 4.78 is 0. The van der Waals surface area contributed by atoms with Gasteiger partial charge < -0.3 is 5.32 Å². The average molecular weight is 268 g/mol. The third kappa shape index (κ3) is 2.33. The van der Waals surface area contributed by atoms with Gasteiger partial charge in [0.25, 0.3) is 0 Å². The zero-order valence-corrected chi connectivity index (χ0v) is 12.5. The van der Waals surface area contributed by atoms with Crippen molar-refractivity contribution in [3.8, 4) is 0 Å². The molecule has 1 aliphatic carbocycles. The second kappa shape index (κ2) is 5.53. The van der Waals surface area contributed by atoms with E-state index in [-0.39, 0.29) is 0 Å². The molecule has 0 saturated heterocycles. The molecule has 0 spiro atoms. The molecule has 0 aliphatic heterocycles. The van der Waals surface area contributed by atoms with Crippen LogP contribution < -0.4 is 5.32 Å². The van der Waals surface area contributed by atoms with Crippen molar-refractivity contribution in [2.75, 3.05) is 7.05 Å². The van der Waals surface area contributed by atoms with E-state index < -0.39 is 0 Å². The van der Waals surface area contributed by atoms with Crippen molar-refractivity contribution in [3.63, 3.8) is 0 Å². The molecule has 1 heterocycles. The standard InChI is InChI=1S/C18H24N2/c1-18(11-4-3-5-12-18)17(19-2)15-8-6-10-16-14(15)9-7-13-20-16/h6-10,13,17,19H,3-5,11-12H2,1-2H3. The van der Waals surface area contributed by atoms with E-state index in [1.54, 1.807) is 0 Å². The fourth-order valence-corrected chi connectivity index (χ4v) is 3.91. The number of fused-ring (bicyclic) bond motifs is 1. The predicted molar refractivity (Wildman–Crippen MR) is 84.7 cm³/mol. The van der Waals surface area contributed by atoms with Crippen LogP contribution in [0.5, 0.6) is 0 Å². The van der Waals surface area contributed by atoms with Gasteiger partial charge in [0.05, 0.1) is 5.52 Å². The first-order valence-corrected chi connectivity index (χ1v) is 7.75. The Morgan fingerprint density at radius 2 is 1.90 bits per heavy atom. The third-order valence-corrected chi connectivity index (χ3v) is 4.97. The minimum atomic E-state index is 0.358. The lowest BCUT2D eigenvalue weighted by Gasteiger charge is -2.41. The Labute approximate surface area is 121 Å². The first-order chi connectivity index (χ1) is 9.74. The lowest BCUT2D eigenvalue weighted by atomic mass is 9.68. The molecule has 0 bridgehead atoms. The summed E-state index contributed by atoms with van der Waals surface area (Å²) in [5.74, 6) is 0. The molecule has 20 heavy (non-hydrogen) atoms. The van der Waals surface area contributed by atoms with Gasteiger partial charge in [-0.3, -0.25) is 4.98 Å². The van der Waals surface area contributed by atoms with Crippen LogP contribution >= 0.6 is 0 Å². The van der Waals surface area contributed by atoms with Crippen LogP contribution in [0.2, 0.25) is 0 Å². The summed E-state index contributed by atoms with van der Waals surface area (Å²) in [6.07, 6.45) is 8.62. The number of aromatic nitrogens is 1. The molecule has 106 valence electrons. The normalized spacial score (nSPS) is 19.9. The second-order valence-corrected chi connectivity index (χ2v) is 6.35. The van der Waals surface area contributed by atoms with Crippen LogP contribution in [0, 0.1) is 5.41 Å². The SMILES string of the molecule is CNC(c1cccc2ncccc12)C1(C)CCCCC1. The molecule has 0 radical (unpaired) electrons. The van der Waals surface area contributed by atoms with Crippen LogP contribution in [0.4, 0.5) is 0 Å². The minimum Gasteiger partial charge on any atom is -0.313 e. The van der Waals surface area contributed by atoms with Gasteiger partial charge in [-0.1, -0.05) is 44.4 Å². The Balaban J connectivity index is 2.07. The lowest BCUT2D eigenvalue weighted by Crippen LogP contribution is -2.36. The van der Waals surface area contributed by atoms with Gasteiger partial charge in [0.1, 0.15) is 0 Å². The summed E-state index contributed by atoms with van der Waals surface area (Å²) >= 11 is 0. The second-order valence-electron chi connectivity index (χ2n) is 6.35. The topological polar surface area (TPSA) is 24.9 Å². The largest absolute Gasteiger partial charge is 0.313 e. The molecule has 1 aromatic carbocycles. The number of hydrogen-bond donors (Lipinski definition) is 1. The molecule has 1 aliphatic rings. The molecule has 1 unspecified atom stereocenters. The van der Waals surface area contributed by atoms with Gasteiger partial charge in [0.2, 0.25) is 0 Å². The van der Waals surface area contributed by atoms with E-state index in [4.69, 9.17) is 0 Å². The first kappa shape index (κ1) is 13.6. The molecule has 1 aromatic heterocycles. The van der Waals surface area contributed by atoms with E-state index in [1.165, 1.54) is 43.1 Å². The third-order valence-electron chi connectivity index (χ3n) is 4.97. The van der Waals surface area contributed by atoms with Crippen molar-refractivity contribution in [1.82, 2.24) is 10.3 Å². The number of hydrogen-bond acceptors (Lipinski definition) is 2. The lowest BCUT2D eigenvalue weighted by molar-refractivity contribution is 0.151. The molecular weight excluding hydrogens is 244 g/mol. The Hall–Kier alpha value is -1.41. The highest BCUT2D eigenvalue weighted by atomic mass is 14.9. The monoisotopic (exact) mass is 268 g/mol. The summed E-state index contributed by atoms with van der Waals surface area (Å²) in [7, 11) is 2.10. The zero-order chi connectivity index (χ0) is 14.0. The molecule has 1 saturated carbocycles. The van der Waals surface area contributed by atoms with Crippen molar-refractivity contribution in [3.05, 3.63) is 42.1 Å². The molecular formula is C18H24N2. The maximum absolute atomic E-state index is 4.50. The summed E-state index contributed by atoms with van der Waals surface area (Å²) in [5, 5.41) is 4.89. The first-order valence-electron chi connectivity index (χ1n) is 7.75. The number of nitrogens with zero attached hydrogens (tertiary/aromatic N) is 1. The summed E-state index contributed by atoms with van der Waals surface area (Å²) in [5.41, 5.74) is 2.86. The van der Waals surface area contributed by atoms with E-state index in [0.29, 0.717) is 11.5 Å². The average Bonchev–Trinajstić information content (AvgIpc) is 2.49.